The van der Waals surface area contributed by atoms with Crippen LogP contribution in [0.15, 0.2) is 18.2 Å². The quantitative estimate of drug-likeness (QED) is 0.544. The molecule has 0 bridgehead atoms. The van der Waals surface area contributed by atoms with Gasteiger partial charge in [0.25, 0.3) is 0 Å². The van der Waals surface area contributed by atoms with Gasteiger partial charge in [0.15, 0.2) is 0 Å². The Balaban J connectivity index is 2.14. The number of hydrogen-bond donors (Lipinski definition) is 2. The first-order chi connectivity index (χ1) is 8.24. The fraction of sp³-hybridized carbons (Fsp3) is 0.571. The summed E-state index contributed by atoms with van der Waals surface area (Å²) in [4.78, 5) is 0. The molecule has 2 nitrogen and oxygen atoms in total. The van der Waals surface area contributed by atoms with E-state index in [4.69, 9.17) is 5.73 Å². The second-order valence-electron chi connectivity index (χ2n) is 4.41. The van der Waals surface area contributed by atoms with Crippen LogP contribution in [0.1, 0.15) is 31.2 Å². The number of nitrogens with two attached hydrogens (primary N) is 1. The van der Waals surface area contributed by atoms with Crippen LogP contribution >= 0.6 is 11.8 Å². The predicted octanol–water partition coefficient (Wildman–Crippen LogP) is 3.91. The summed E-state index contributed by atoms with van der Waals surface area (Å²) in [7, 11) is 0. The Kier molecular flexibility index (Phi) is 6.94. The molecule has 3 heteroatoms. The Labute approximate surface area is 109 Å². The van der Waals surface area contributed by atoms with Crippen LogP contribution in [0.3, 0.4) is 0 Å². The zero-order valence-corrected chi connectivity index (χ0v) is 11.8. The van der Waals surface area contributed by atoms with E-state index in [1.54, 1.807) is 0 Å². The van der Waals surface area contributed by atoms with Crippen molar-refractivity contribution in [1.82, 2.24) is 0 Å². The van der Waals surface area contributed by atoms with Crippen molar-refractivity contribution in [3.05, 3.63) is 23.8 Å². The Morgan fingerprint density at radius 3 is 2.65 bits per heavy atom. The third-order valence-corrected chi connectivity index (χ3v) is 3.54. The number of nitrogen functional groups attached to an aromatic ring is 1. The zero-order chi connectivity index (χ0) is 12.5. The molecule has 0 saturated heterocycles. The van der Waals surface area contributed by atoms with Gasteiger partial charge in [0.1, 0.15) is 0 Å². The largest absolute Gasteiger partial charge is 0.399 e. The standard InChI is InChI=1S/C14H24N2S/c1-12-11-13(15)7-8-14(12)16-9-5-3-4-6-10-17-2/h7-8,11,16H,3-6,9-10,15H2,1-2H3. The van der Waals surface area contributed by atoms with Crippen molar-refractivity contribution < 1.29 is 0 Å². The first kappa shape index (κ1) is 14.2. The smallest absolute Gasteiger partial charge is 0.0371 e. The van der Waals surface area contributed by atoms with E-state index in [0.717, 1.165) is 12.2 Å². The maximum Gasteiger partial charge on any atom is 0.0371 e. The maximum atomic E-state index is 5.72. The molecule has 1 rings (SSSR count). The van der Waals surface area contributed by atoms with Crippen LogP contribution in [-0.4, -0.2) is 18.6 Å². The minimum Gasteiger partial charge on any atom is -0.399 e. The molecular weight excluding hydrogens is 228 g/mol. The molecule has 96 valence electrons. The normalized spacial score (nSPS) is 10.5. The average molecular weight is 252 g/mol. The van der Waals surface area contributed by atoms with Gasteiger partial charge in [0.2, 0.25) is 0 Å². The molecule has 17 heavy (non-hydrogen) atoms. The highest BCUT2D eigenvalue weighted by atomic mass is 32.2. The van der Waals surface area contributed by atoms with Crippen LogP contribution in [0, 0.1) is 6.92 Å². The first-order valence-electron chi connectivity index (χ1n) is 6.33. The SMILES string of the molecule is CSCCCCCCNc1ccc(N)cc1C. The van der Waals surface area contributed by atoms with Gasteiger partial charge in [0, 0.05) is 17.9 Å². The van der Waals surface area contributed by atoms with Crippen LogP contribution < -0.4 is 11.1 Å². The number of unbranched alkanes of at least 4 members (excludes halogenated alkanes) is 3. The molecule has 0 radical (unpaired) electrons. The highest BCUT2D eigenvalue weighted by Gasteiger charge is 1.97. The second-order valence-corrected chi connectivity index (χ2v) is 5.39. The lowest BCUT2D eigenvalue weighted by Gasteiger charge is -2.09. The van der Waals surface area contributed by atoms with Crippen molar-refractivity contribution in [3.63, 3.8) is 0 Å². The number of benzene rings is 1. The second kappa shape index (κ2) is 8.29. The van der Waals surface area contributed by atoms with Gasteiger partial charge in [-0.25, -0.2) is 0 Å². The lowest BCUT2D eigenvalue weighted by Crippen LogP contribution is -2.03. The van der Waals surface area contributed by atoms with Crippen molar-refractivity contribution in [2.75, 3.05) is 29.6 Å². The highest BCUT2D eigenvalue weighted by molar-refractivity contribution is 7.98. The number of nitrogens with one attached hydrogen (secondary N) is 1. The Bertz CT molecular complexity index is 326. The van der Waals surface area contributed by atoms with Crippen molar-refractivity contribution in [2.24, 2.45) is 0 Å². The highest BCUT2D eigenvalue weighted by Crippen LogP contribution is 2.17. The van der Waals surface area contributed by atoms with E-state index in [1.165, 1.54) is 42.7 Å². The van der Waals surface area contributed by atoms with Gasteiger partial charge in [-0.15, -0.1) is 0 Å². The van der Waals surface area contributed by atoms with E-state index in [0.29, 0.717) is 0 Å². The van der Waals surface area contributed by atoms with Crippen LogP contribution in [0.4, 0.5) is 11.4 Å². The third kappa shape index (κ3) is 5.87. The summed E-state index contributed by atoms with van der Waals surface area (Å²) in [6.07, 6.45) is 7.44. The van der Waals surface area contributed by atoms with Gasteiger partial charge in [-0.05, 0) is 55.5 Å². The van der Waals surface area contributed by atoms with Crippen LogP contribution in [0.5, 0.6) is 0 Å². The molecular formula is C14H24N2S. The van der Waals surface area contributed by atoms with Crippen LogP contribution in [0.25, 0.3) is 0 Å². The van der Waals surface area contributed by atoms with E-state index >= 15 is 0 Å². The summed E-state index contributed by atoms with van der Waals surface area (Å²) in [5.74, 6) is 1.30. The number of thioether (sulfide) groups is 1. The number of anilines is 2. The topological polar surface area (TPSA) is 38.0 Å². The molecule has 0 aliphatic carbocycles. The van der Waals surface area contributed by atoms with Crippen molar-refractivity contribution in [1.29, 1.82) is 0 Å². The molecule has 0 aromatic heterocycles. The summed E-state index contributed by atoms with van der Waals surface area (Å²) in [6.45, 7) is 3.15. The lowest BCUT2D eigenvalue weighted by molar-refractivity contribution is 0.689. The van der Waals surface area contributed by atoms with Gasteiger partial charge in [-0.1, -0.05) is 12.8 Å². The molecule has 0 fully saturated rings. The number of aryl methyl sites for hydroxylation is 1. The summed E-state index contributed by atoms with van der Waals surface area (Å²) in [5.41, 5.74) is 9.00. The van der Waals surface area contributed by atoms with E-state index in [2.05, 4.69) is 24.6 Å². The average Bonchev–Trinajstić information content (AvgIpc) is 2.30. The number of rotatable bonds is 8. The summed E-state index contributed by atoms with van der Waals surface area (Å²) >= 11 is 1.94. The molecule has 1 aromatic carbocycles. The molecule has 1 aromatic rings. The van der Waals surface area contributed by atoms with Gasteiger partial charge in [0.05, 0.1) is 0 Å². The third-order valence-electron chi connectivity index (χ3n) is 2.84. The Morgan fingerprint density at radius 1 is 1.18 bits per heavy atom. The van der Waals surface area contributed by atoms with Crippen molar-refractivity contribution in [2.45, 2.75) is 32.6 Å². The molecule has 0 spiro atoms. The van der Waals surface area contributed by atoms with Crippen molar-refractivity contribution >= 4 is 23.1 Å². The molecule has 0 aliphatic rings. The minimum absolute atomic E-state index is 0.838. The fourth-order valence-corrected chi connectivity index (χ4v) is 2.33. The molecule has 0 aliphatic heterocycles. The maximum absolute atomic E-state index is 5.72. The molecule has 3 N–H and O–H groups in total. The van der Waals surface area contributed by atoms with Crippen molar-refractivity contribution in [3.8, 4) is 0 Å². The van der Waals surface area contributed by atoms with Crippen LogP contribution in [-0.2, 0) is 0 Å². The minimum atomic E-state index is 0.838. The van der Waals surface area contributed by atoms with E-state index < -0.39 is 0 Å². The van der Waals surface area contributed by atoms with E-state index in [9.17, 15) is 0 Å². The summed E-state index contributed by atoms with van der Waals surface area (Å²) in [5, 5.41) is 3.47. The zero-order valence-electron chi connectivity index (χ0n) is 11.0. The Morgan fingerprint density at radius 2 is 1.94 bits per heavy atom. The first-order valence-corrected chi connectivity index (χ1v) is 7.72. The summed E-state index contributed by atoms with van der Waals surface area (Å²) in [6, 6.07) is 6.03. The molecule has 0 unspecified atom stereocenters. The van der Waals surface area contributed by atoms with E-state index in [-0.39, 0.29) is 0 Å². The lowest BCUT2D eigenvalue weighted by atomic mass is 10.1. The molecule has 0 amide bonds. The summed E-state index contributed by atoms with van der Waals surface area (Å²) < 4.78 is 0. The Hall–Kier alpha value is -0.830. The van der Waals surface area contributed by atoms with Gasteiger partial charge >= 0.3 is 0 Å². The van der Waals surface area contributed by atoms with Gasteiger partial charge in [-0.2, -0.15) is 11.8 Å². The molecule has 0 atom stereocenters. The van der Waals surface area contributed by atoms with E-state index in [1.807, 2.05) is 23.9 Å². The fourth-order valence-electron chi connectivity index (χ4n) is 1.83. The van der Waals surface area contributed by atoms with Gasteiger partial charge < -0.3 is 11.1 Å². The molecule has 0 heterocycles. The molecule has 0 saturated carbocycles. The monoisotopic (exact) mass is 252 g/mol. The number of hydrogen-bond acceptors (Lipinski definition) is 3. The predicted molar refractivity (Wildman–Crippen MR) is 80.9 cm³/mol. The van der Waals surface area contributed by atoms with Gasteiger partial charge in [-0.3, -0.25) is 0 Å². The van der Waals surface area contributed by atoms with Crippen LogP contribution in [0.2, 0.25) is 0 Å².